The van der Waals surface area contributed by atoms with E-state index < -0.39 is 66.3 Å². The molecule has 4 amide bonds. The minimum atomic E-state index is -4.75. The van der Waals surface area contributed by atoms with E-state index in [1.165, 1.54) is 30.3 Å². The molecule has 13 heteroatoms. The third kappa shape index (κ3) is 5.93. The molecule has 1 unspecified atom stereocenters. The molecule has 2 aromatic carbocycles. The number of imide groups is 1. The highest BCUT2D eigenvalue weighted by molar-refractivity contribution is 6.04. The van der Waals surface area contributed by atoms with Crippen LogP contribution in [0.5, 0.6) is 0 Å². The largest absolute Gasteiger partial charge is 0.427 e. The van der Waals surface area contributed by atoms with E-state index in [1.54, 1.807) is 6.92 Å². The molecule has 0 radical (unpaired) electrons. The van der Waals surface area contributed by atoms with Crippen LogP contribution in [0.25, 0.3) is 0 Å². The lowest BCUT2D eigenvalue weighted by Gasteiger charge is -2.32. The van der Waals surface area contributed by atoms with Gasteiger partial charge in [-0.25, -0.2) is 9.18 Å². The molecule has 1 spiro atoms. The second kappa shape index (κ2) is 11.2. The van der Waals surface area contributed by atoms with Gasteiger partial charge in [-0.2, -0.15) is 13.2 Å². The maximum Gasteiger partial charge on any atom is 0.415 e. The van der Waals surface area contributed by atoms with Crippen molar-refractivity contribution in [3.05, 3.63) is 65.0 Å². The molecule has 2 aromatic rings. The monoisotopic (exact) mass is 565 g/mol. The maximum atomic E-state index is 13.8. The number of ether oxygens (including phenoxy) is 2. The molecule has 1 heterocycles. The second-order valence-corrected chi connectivity index (χ2v) is 9.63. The quantitative estimate of drug-likeness (QED) is 0.443. The average Bonchev–Trinajstić information content (AvgIpc) is 3.35. The van der Waals surface area contributed by atoms with Gasteiger partial charge in [-0.15, -0.1) is 0 Å². The number of rotatable bonds is 9. The molecular formula is C27H27F4N3O6. The summed E-state index contributed by atoms with van der Waals surface area (Å²) < 4.78 is 65.1. The molecule has 2 N–H and O–H groups in total. The summed E-state index contributed by atoms with van der Waals surface area (Å²) in [5.41, 5.74) is -0.533. The van der Waals surface area contributed by atoms with E-state index in [1.807, 2.05) is 0 Å². The molecule has 1 saturated heterocycles. The zero-order chi connectivity index (χ0) is 29.2. The van der Waals surface area contributed by atoms with Gasteiger partial charge in [0.2, 0.25) is 17.4 Å². The van der Waals surface area contributed by atoms with E-state index in [0.717, 1.165) is 19.1 Å². The standard InChI is InChI=1S/C27H27F4N3O6/c1-3-39-14-22(35)32-19-8-9-21-20(11-19)17(12-26(21)24(37)33-25(38)40-26)10-23(36)34(15(2)27(29,30)31)13-16-4-6-18(28)7-5-16/h4-9,11,15,17H,3,10,12-14H2,1-2H3,(H,32,35)(H,33,37,38)/t15-,17?,26+/m0/s1. The van der Waals surface area contributed by atoms with Crippen molar-refractivity contribution in [2.24, 2.45) is 0 Å². The third-order valence-corrected chi connectivity index (χ3v) is 6.98. The molecular weight excluding hydrogens is 538 g/mol. The van der Waals surface area contributed by atoms with Crippen LogP contribution in [0.15, 0.2) is 42.5 Å². The molecule has 1 aliphatic heterocycles. The first-order valence-corrected chi connectivity index (χ1v) is 12.5. The van der Waals surface area contributed by atoms with Crippen LogP contribution in [0.2, 0.25) is 0 Å². The smallest absolute Gasteiger partial charge is 0.415 e. The van der Waals surface area contributed by atoms with Crippen LogP contribution in [0.3, 0.4) is 0 Å². The highest BCUT2D eigenvalue weighted by Gasteiger charge is 2.57. The van der Waals surface area contributed by atoms with Gasteiger partial charge >= 0.3 is 12.3 Å². The van der Waals surface area contributed by atoms with Gasteiger partial charge in [-0.05, 0) is 55.2 Å². The maximum absolute atomic E-state index is 13.8. The van der Waals surface area contributed by atoms with Crippen LogP contribution >= 0.6 is 0 Å². The number of alkyl halides is 3. The third-order valence-electron chi connectivity index (χ3n) is 6.98. The van der Waals surface area contributed by atoms with Crippen LogP contribution in [-0.2, 0) is 36.0 Å². The Morgan fingerprint density at radius 3 is 2.50 bits per heavy atom. The SMILES string of the molecule is CCOCC(=O)Nc1ccc2c(c1)C(CC(=O)N(Cc1ccc(F)cc1)[C@@H](C)C(F)(F)F)C[C@@]21OC(=O)NC1=O. The molecule has 0 aromatic heterocycles. The summed E-state index contributed by atoms with van der Waals surface area (Å²) in [5, 5.41) is 4.70. The lowest BCUT2D eigenvalue weighted by atomic mass is 9.94. The predicted octanol–water partition coefficient (Wildman–Crippen LogP) is 4.12. The Morgan fingerprint density at radius 2 is 1.90 bits per heavy atom. The van der Waals surface area contributed by atoms with Crippen molar-refractivity contribution in [1.29, 1.82) is 0 Å². The Balaban J connectivity index is 1.65. The molecule has 0 saturated carbocycles. The van der Waals surface area contributed by atoms with E-state index in [4.69, 9.17) is 9.47 Å². The molecule has 2 aliphatic rings. The van der Waals surface area contributed by atoms with Crippen LogP contribution < -0.4 is 10.6 Å². The number of halogens is 4. The summed E-state index contributed by atoms with van der Waals surface area (Å²) in [4.78, 5) is 51.0. The highest BCUT2D eigenvalue weighted by Crippen LogP contribution is 2.51. The number of anilines is 1. The number of nitrogens with zero attached hydrogens (tertiary/aromatic N) is 1. The summed E-state index contributed by atoms with van der Waals surface area (Å²) in [5.74, 6) is -3.51. The molecule has 3 atom stereocenters. The Hall–Kier alpha value is -4.00. The van der Waals surface area contributed by atoms with Crippen molar-refractivity contribution in [2.75, 3.05) is 18.5 Å². The van der Waals surface area contributed by atoms with Gasteiger partial charge < -0.3 is 19.7 Å². The van der Waals surface area contributed by atoms with Gasteiger partial charge in [-0.1, -0.05) is 18.2 Å². The van der Waals surface area contributed by atoms with Gasteiger partial charge in [0.15, 0.2) is 0 Å². The van der Waals surface area contributed by atoms with E-state index in [9.17, 15) is 36.7 Å². The van der Waals surface area contributed by atoms with E-state index in [2.05, 4.69) is 10.6 Å². The number of hydrogen-bond acceptors (Lipinski definition) is 6. The van der Waals surface area contributed by atoms with Crippen molar-refractivity contribution in [1.82, 2.24) is 10.2 Å². The van der Waals surface area contributed by atoms with Gasteiger partial charge in [0, 0.05) is 37.2 Å². The summed E-state index contributed by atoms with van der Waals surface area (Å²) in [6.07, 6.45) is -6.38. The summed E-state index contributed by atoms with van der Waals surface area (Å²) >= 11 is 0. The first-order chi connectivity index (χ1) is 18.8. The lowest BCUT2D eigenvalue weighted by Crippen LogP contribution is -2.46. The first kappa shape index (κ1) is 29.0. The fourth-order valence-electron chi connectivity index (χ4n) is 4.95. The second-order valence-electron chi connectivity index (χ2n) is 9.63. The van der Waals surface area contributed by atoms with Crippen molar-refractivity contribution < 1.29 is 46.2 Å². The predicted molar refractivity (Wildman–Crippen MR) is 132 cm³/mol. The number of carbonyl (C=O) groups excluding carboxylic acids is 4. The molecule has 9 nitrogen and oxygen atoms in total. The van der Waals surface area contributed by atoms with E-state index in [-0.39, 0.29) is 24.2 Å². The fourth-order valence-corrected chi connectivity index (χ4v) is 4.95. The Kier molecular flexibility index (Phi) is 8.15. The summed E-state index contributed by atoms with van der Waals surface area (Å²) in [7, 11) is 0. The summed E-state index contributed by atoms with van der Waals surface area (Å²) in [6.45, 7) is 2.23. The van der Waals surface area contributed by atoms with Gasteiger partial charge in [0.25, 0.3) is 5.91 Å². The van der Waals surface area contributed by atoms with Crippen molar-refractivity contribution >= 4 is 29.5 Å². The number of amides is 4. The number of hydrogen-bond donors (Lipinski definition) is 2. The van der Waals surface area contributed by atoms with Crippen molar-refractivity contribution in [3.63, 3.8) is 0 Å². The zero-order valence-electron chi connectivity index (χ0n) is 21.6. The van der Waals surface area contributed by atoms with Crippen LogP contribution in [0.1, 0.15) is 49.3 Å². The number of alkyl carbamates (subject to hydrolysis) is 1. The first-order valence-electron chi connectivity index (χ1n) is 12.5. The van der Waals surface area contributed by atoms with Crippen molar-refractivity contribution in [2.45, 2.75) is 57.0 Å². The van der Waals surface area contributed by atoms with Crippen molar-refractivity contribution in [3.8, 4) is 0 Å². The number of fused-ring (bicyclic) bond motifs is 2. The molecule has 214 valence electrons. The summed E-state index contributed by atoms with van der Waals surface area (Å²) in [6, 6.07) is 7.04. The molecule has 1 aliphatic carbocycles. The minimum absolute atomic E-state index is 0.188. The van der Waals surface area contributed by atoms with Gasteiger partial charge in [0.05, 0.1) is 0 Å². The van der Waals surface area contributed by atoms with E-state index >= 15 is 0 Å². The Bertz CT molecular complexity index is 1320. The molecule has 40 heavy (non-hydrogen) atoms. The van der Waals surface area contributed by atoms with Gasteiger partial charge in [0.1, 0.15) is 18.5 Å². The zero-order valence-corrected chi connectivity index (χ0v) is 21.6. The fraction of sp³-hybridized carbons (Fsp3) is 0.407. The Labute approximate surface area is 226 Å². The number of nitrogens with one attached hydrogen (secondary N) is 2. The molecule has 0 bridgehead atoms. The van der Waals surface area contributed by atoms with Crippen LogP contribution in [0, 0.1) is 5.82 Å². The topological polar surface area (TPSA) is 114 Å². The molecule has 1 fully saturated rings. The van der Waals surface area contributed by atoms with Gasteiger partial charge in [-0.3, -0.25) is 19.7 Å². The van der Waals surface area contributed by atoms with E-state index in [0.29, 0.717) is 22.8 Å². The van der Waals surface area contributed by atoms with Crippen LogP contribution in [-0.4, -0.2) is 54.1 Å². The average molecular weight is 566 g/mol. The Morgan fingerprint density at radius 1 is 1.20 bits per heavy atom. The highest BCUT2D eigenvalue weighted by atomic mass is 19.4. The van der Waals surface area contributed by atoms with Crippen LogP contribution in [0.4, 0.5) is 28.0 Å². The number of benzene rings is 2. The molecule has 4 rings (SSSR count). The normalized spacial score (nSPS) is 20.6. The number of carbonyl (C=O) groups is 4. The lowest BCUT2D eigenvalue weighted by molar-refractivity contribution is -0.187. The minimum Gasteiger partial charge on any atom is -0.427 e.